The van der Waals surface area contributed by atoms with Crippen LogP contribution in [-0.4, -0.2) is 84.3 Å². The average molecular weight is 630 g/mol. The first-order chi connectivity index (χ1) is 21.4. The molecule has 5 rings (SSSR count). The zero-order chi connectivity index (χ0) is 32.6. The number of thioether (sulfide) groups is 1. The van der Waals surface area contributed by atoms with Gasteiger partial charge in [-0.05, 0) is 58.1 Å². The Kier molecular flexibility index (Phi) is 9.39. The first kappa shape index (κ1) is 33.0. The van der Waals surface area contributed by atoms with Crippen LogP contribution >= 0.6 is 11.8 Å². The van der Waals surface area contributed by atoms with Crippen molar-refractivity contribution in [3.05, 3.63) is 97.1 Å². The Hall–Kier alpha value is -3.36. The predicted molar refractivity (Wildman–Crippen MR) is 180 cm³/mol. The molecule has 3 saturated heterocycles. The SMILES string of the molecule is C=CCN(Cc1ccccc1)C(=O)[C@@H]1[C@H]2C(=O)N([C@@H](CO)Cc3ccccc3)C(C(=O)N(CC=C)C(C)(C)C)C23CC[C@@]1(C)S3. The van der Waals surface area contributed by atoms with E-state index in [1.807, 2.05) is 81.4 Å². The molecule has 3 fully saturated rings. The number of amides is 3. The van der Waals surface area contributed by atoms with Gasteiger partial charge in [-0.1, -0.05) is 72.8 Å². The van der Waals surface area contributed by atoms with Crippen molar-refractivity contribution in [3.8, 4) is 0 Å². The second-order valence-electron chi connectivity index (χ2n) is 13.9. The van der Waals surface area contributed by atoms with Gasteiger partial charge < -0.3 is 19.8 Å². The maximum atomic E-state index is 14.9. The van der Waals surface area contributed by atoms with Gasteiger partial charge >= 0.3 is 0 Å². The lowest BCUT2D eigenvalue weighted by Gasteiger charge is -2.43. The fourth-order valence-corrected chi connectivity index (χ4v) is 10.2. The first-order valence-electron chi connectivity index (χ1n) is 15.9. The number of hydrogen-bond acceptors (Lipinski definition) is 5. The number of carbonyl (C=O) groups excluding carboxylic acids is 3. The van der Waals surface area contributed by atoms with E-state index in [9.17, 15) is 19.5 Å². The molecule has 2 aromatic rings. The number of aliphatic hydroxyl groups is 1. The lowest BCUT2D eigenvalue weighted by atomic mass is 9.66. The van der Waals surface area contributed by atoms with Gasteiger partial charge in [-0.15, -0.1) is 24.9 Å². The Morgan fingerprint density at radius 3 is 2.16 bits per heavy atom. The zero-order valence-electron chi connectivity index (χ0n) is 27.0. The number of fused-ring (bicyclic) bond motifs is 1. The molecule has 0 saturated carbocycles. The minimum atomic E-state index is -0.818. The van der Waals surface area contributed by atoms with Crippen LogP contribution in [-0.2, 0) is 27.3 Å². The highest BCUT2D eigenvalue weighted by Gasteiger charge is 2.78. The van der Waals surface area contributed by atoms with Gasteiger partial charge in [0.25, 0.3) is 0 Å². The third kappa shape index (κ3) is 5.87. The summed E-state index contributed by atoms with van der Waals surface area (Å²) < 4.78 is -1.29. The van der Waals surface area contributed by atoms with E-state index >= 15 is 0 Å². The summed E-state index contributed by atoms with van der Waals surface area (Å²) in [6.45, 7) is 16.7. The minimum absolute atomic E-state index is 0.0795. The largest absolute Gasteiger partial charge is 0.394 e. The number of nitrogens with zero attached hydrogens (tertiary/aromatic N) is 3. The number of rotatable bonds is 12. The van der Waals surface area contributed by atoms with Gasteiger partial charge in [0.05, 0.1) is 29.2 Å². The van der Waals surface area contributed by atoms with Gasteiger partial charge in [0, 0.05) is 29.9 Å². The van der Waals surface area contributed by atoms with Gasteiger partial charge in [-0.25, -0.2) is 0 Å². The van der Waals surface area contributed by atoms with E-state index in [0.29, 0.717) is 32.5 Å². The van der Waals surface area contributed by atoms with E-state index in [0.717, 1.165) is 17.5 Å². The van der Waals surface area contributed by atoms with E-state index < -0.39 is 39.0 Å². The van der Waals surface area contributed by atoms with E-state index in [1.54, 1.807) is 38.6 Å². The zero-order valence-corrected chi connectivity index (χ0v) is 27.8. The first-order valence-corrected chi connectivity index (χ1v) is 16.8. The van der Waals surface area contributed by atoms with Crippen molar-refractivity contribution in [3.63, 3.8) is 0 Å². The predicted octanol–water partition coefficient (Wildman–Crippen LogP) is 5.10. The van der Waals surface area contributed by atoms with E-state index in [-0.39, 0.29) is 24.3 Å². The molecular weight excluding hydrogens is 582 g/mol. The molecular formula is C37H47N3O4S. The third-order valence-electron chi connectivity index (χ3n) is 9.90. The lowest BCUT2D eigenvalue weighted by molar-refractivity contribution is -0.149. The van der Waals surface area contributed by atoms with Crippen LogP contribution in [0.3, 0.4) is 0 Å². The monoisotopic (exact) mass is 629 g/mol. The molecule has 0 aromatic heterocycles. The van der Waals surface area contributed by atoms with Crippen molar-refractivity contribution in [2.75, 3.05) is 19.7 Å². The van der Waals surface area contributed by atoms with Crippen LogP contribution in [0.2, 0.25) is 0 Å². The van der Waals surface area contributed by atoms with Crippen LogP contribution in [0.15, 0.2) is 86.0 Å². The molecule has 2 unspecified atom stereocenters. The van der Waals surface area contributed by atoms with E-state index in [2.05, 4.69) is 20.1 Å². The van der Waals surface area contributed by atoms with E-state index in [4.69, 9.17) is 0 Å². The molecule has 2 bridgehead atoms. The normalized spacial score (nSPS) is 27.6. The van der Waals surface area contributed by atoms with Gasteiger partial charge in [-0.3, -0.25) is 14.4 Å². The molecule has 240 valence electrons. The van der Waals surface area contributed by atoms with Gasteiger partial charge in [0.15, 0.2) is 0 Å². The van der Waals surface area contributed by atoms with Crippen LogP contribution in [0, 0.1) is 11.8 Å². The van der Waals surface area contributed by atoms with Crippen LogP contribution in [0.1, 0.15) is 51.7 Å². The van der Waals surface area contributed by atoms with Crippen molar-refractivity contribution < 1.29 is 19.5 Å². The summed E-state index contributed by atoms with van der Waals surface area (Å²) in [7, 11) is 0. The molecule has 3 heterocycles. The molecule has 3 amide bonds. The van der Waals surface area contributed by atoms with Crippen molar-refractivity contribution in [2.24, 2.45) is 11.8 Å². The Balaban J connectivity index is 1.60. The second-order valence-corrected chi connectivity index (χ2v) is 15.8. The smallest absolute Gasteiger partial charge is 0.247 e. The van der Waals surface area contributed by atoms with Crippen molar-refractivity contribution in [1.29, 1.82) is 0 Å². The summed E-state index contributed by atoms with van der Waals surface area (Å²) in [5.41, 5.74) is 1.45. The molecule has 6 atom stereocenters. The molecule has 45 heavy (non-hydrogen) atoms. The maximum Gasteiger partial charge on any atom is 0.247 e. The quantitative estimate of drug-likeness (QED) is 0.331. The molecule has 8 heteroatoms. The summed E-state index contributed by atoms with van der Waals surface area (Å²) >= 11 is 1.66. The van der Waals surface area contributed by atoms with Crippen molar-refractivity contribution >= 4 is 29.5 Å². The molecule has 1 spiro atoms. The van der Waals surface area contributed by atoms with Crippen molar-refractivity contribution in [1.82, 2.24) is 14.7 Å². The number of hydrogen-bond donors (Lipinski definition) is 1. The fourth-order valence-electron chi connectivity index (χ4n) is 7.91. The summed E-state index contributed by atoms with van der Waals surface area (Å²) in [4.78, 5) is 49.7. The highest BCUT2D eigenvalue weighted by atomic mass is 32.2. The highest BCUT2D eigenvalue weighted by Crippen LogP contribution is 2.72. The van der Waals surface area contributed by atoms with Crippen LogP contribution in [0.5, 0.6) is 0 Å². The molecule has 1 N–H and O–H groups in total. The van der Waals surface area contributed by atoms with Gasteiger partial charge in [0.2, 0.25) is 17.7 Å². The number of benzene rings is 2. The molecule has 2 aromatic carbocycles. The second kappa shape index (κ2) is 12.8. The van der Waals surface area contributed by atoms with Crippen molar-refractivity contribution in [2.45, 2.75) is 80.6 Å². The Labute approximate surface area is 272 Å². The third-order valence-corrected chi connectivity index (χ3v) is 11.9. The van der Waals surface area contributed by atoms with E-state index in [1.165, 1.54) is 0 Å². The summed E-state index contributed by atoms with van der Waals surface area (Å²) in [6.07, 6.45) is 5.23. The Morgan fingerprint density at radius 2 is 1.60 bits per heavy atom. The molecule has 3 aliphatic heterocycles. The summed E-state index contributed by atoms with van der Waals surface area (Å²) in [5.74, 6) is -1.72. The fraction of sp³-hybridized carbons (Fsp3) is 0.486. The summed E-state index contributed by atoms with van der Waals surface area (Å²) in [5, 5.41) is 10.8. The molecule has 0 radical (unpaired) electrons. The maximum absolute atomic E-state index is 14.9. The van der Waals surface area contributed by atoms with Crippen LogP contribution < -0.4 is 0 Å². The Bertz CT molecular complexity index is 1430. The van der Waals surface area contributed by atoms with Crippen LogP contribution in [0.4, 0.5) is 0 Å². The lowest BCUT2D eigenvalue weighted by Crippen LogP contribution is -2.61. The molecule has 3 aliphatic rings. The average Bonchev–Trinajstić information content (AvgIpc) is 3.59. The minimum Gasteiger partial charge on any atom is -0.394 e. The Morgan fingerprint density at radius 1 is 1.00 bits per heavy atom. The number of likely N-dealkylation sites (tertiary alicyclic amines) is 1. The van der Waals surface area contributed by atoms with Crippen LogP contribution in [0.25, 0.3) is 0 Å². The number of carbonyl (C=O) groups is 3. The molecule has 7 nitrogen and oxygen atoms in total. The standard InChI is InChI=1S/C37H47N3O4S/c1-7-21-38(24-27-17-13-10-14-18-27)32(42)29-30-33(43)40(28(25-41)23-26-15-11-9-12-16-26)31(37(30)20-19-36(29,6)45-37)34(44)39(22-8-2)35(3,4)5/h7-18,28-31,41H,1-2,19-25H2,3-6H3/t28-,29+,30+,31?,36-,37?/m1/s1. The van der Waals surface area contributed by atoms with Gasteiger partial charge in [-0.2, -0.15) is 0 Å². The molecule has 0 aliphatic carbocycles. The number of aliphatic hydroxyl groups excluding tert-OH is 1. The van der Waals surface area contributed by atoms with Gasteiger partial charge in [0.1, 0.15) is 6.04 Å². The highest BCUT2D eigenvalue weighted by molar-refractivity contribution is 8.02. The summed E-state index contributed by atoms with van der Waals surface area (Å²) in [6, 6.07) is 18.2. The topological polar surface area (TPSA) is 81.2 Å².